The average molecular weight is 355 g/mol. The maximum atomic E-state index is 11.9. The second kappa shape index (κ2) is 7.88. The van der Waals surface area contributed by atoms with E-state index in [0.29, 0.717) is 5.69 Å². The molecule has 9 nitrogen and oxygen atoms in total. The second-order valence-electron chi connectivity index (χ2n) is 5.40. The molecular weight excluding hydrogens is 340 g/mol. The number of aryl methyl sites for hydroxylation is 2. The Morgan fingerprint density at radius 3 is 2.38 bits per heavy atom. The fourth-order valence-electron chi connectivity index (χ4n) is 2.16. The van der Waals surface area contributed by atoms with Gasteiger partial charge in [-0.1, -0.05) is 30.3 Å². The van der Waals surface area contributed by atoms with Gasteiger partial charge in [0, 0.05) is 17.3 Å². The van der Waals surface area contributed by atoms with Gasteiger partial charge in [-0.15, -0.1) is 0 Å². The van der Waals surface area contributed by atoms with Crippen molar-refractivity contribution in [1.82, 2.24) is 5.43 Å². The first-order valence-electron chi connectivity index (χ1n) is 7.45. The highest BCUT2D eigenvalue weighted by Crippen LogP contribution is 2.23. The first-order chi connectivity index (χ1) is 12.3. The molecule has 2 N–H and O–H groups in total. The van der Waals surface area contributed by atoms with Crippen molar-refractivity contribution in [2.45, 2.75) is 13.8 Å². The highest BCUT2D eigenvalue weighted by molar-refractivity contribution is 6.39. The second-order valence-corrected chi connectivity index (χ2v) is 5.40. The van der Waals surface area contributed by atoms with Gasteiger partial charge in [-0.25, -0.2) is 5.43 Å². The molecule has 0 aromatic heterocycles. The van der Waals surface area contributed by atoms with Crippen LogP contribution in [0.4, 0.5) is 11.4 Å². The Morgan fingerprint density at radius 1 is 1.12 bits per heavy atom. The summed E-state index contributed by atoms with van der Waals surface area (Å²) >= 11 is 0. The molecule has 0 atom stereocenters. The number of benzene rings is 2. The Morgan fingerprint density at radius 2 is 1.77 bits per heavy atom. The molecule has 2 aromatic carbocycles. The molecule has 134 valence electrons. The molecule has 0 heterocycles. The summed E-state index contributed by atoms with van der Waals surface area (Å²) in [5.41, 5.74) is 3.80. The van der Waals surface area contributed by atoms with Crippen LogP contribution in [0.2, 0.25) is 0 Å². The molecule has 2 amide bonds. The summed E-state index contributed by atoms with van der Waals surface area (Å²) in [4.78, 5) is 33.6. The number of hydrazone groups is 1. The van der Waals surface area contributed by atoms with Gasteiger partial charge >= 0.3 is 11.8 Å². The van der Waals surface area contributed by atoms with Gasteiger partial charge in [-0.3, -0.25) is 19.7 Å². The summed E-state index contributed by atoms with van der Waals surface area (Å²) in [5.74, 6) is -2.64. The summed E-state index contributed by atoms with van der Waals surface area (Å²) in [6.07, 6.45) is 1.09. The lowest BCUT2D eigenvalue weighted by molar-refractivity contribution is -0.398. The number of nitrogens with one attached hydrogen (secondary N) is 2. The molecule has 9 heteroatoms. The molecule has 0 saturated heterocycles. The van der Waals surface area contributed by atoms with Crippen molar-refractivity contribution in [2.24, 2.45) is 5.10 Å². The number of para-hydroxylation sites is 1. The van der Waals surface area contributed by atoms with Crippen LogP contribution in [0.3, 0.4) is 0 Å². The van der Waals surface area contributed by atoms with Gasteiger partial charge < -0.3 is 10.4 Å². The minimum atomic E-state index is -1.00. The van der Waals surface area contributed by atoms with Crippen molar-refractivity contribution in [3.8, 4) is 5.75 Å². The Kier molecular flexibility index (Phi) is 5.63. The number of anilines is 1. The summed E-state index contributed by atoms with van der Waals surface area (Å²) < 4.78 is 0. The monoisotopic (exact) mass is 355 g/mol. The number of hydrogen-bond donors (Lipinski definition) is 2. The van der Waals surface area contributed by atoms with E-state index in [4.69, 9.17) is 0 Å². The largest absolute Gasteiger partial charge is 0.868 e. The number of nitrogens with zero attached hydrogens (tertiary/aromatic N) is 2. The van der Waals surface area contributed by atoms with E-state index in [1.165, 1.54) is 6.07 Å². The van der Waals surface area contributed by atoms with Crippen molar-refractivity contribution in [1.29, 1.82) is 0 Å². The van der Waals surface area contributed by atoms with Gasteiger partial charge in [0.25, 0.3) is 5.69 Å². The molecule has 0 bridgehead atoms. The van der Waals surface area contributed by atoms with E-state index >= 15 is 0 Å². The first-order valence-corrected chi connectivity index (χ1v) is 7.45. The van der Waals surface area contributed by atoms with Crippen LogP contribution in [-0.2, 0) is 9.59 Å². The van der Waals surface area contributed by atoms with E-state index in [0.717, 1.165) is 29.5 Å². The van der Waals surface area contributed by atoms with E-state index in [1.54, 1.807) is 26.0 Å². The normalized spacial score (nSPS) is 10.5. The maximum absolute atomic E-state index is 11.9. The van der Waals surface area contributed by atoms with E-state index in [1.807, 2.05) is 11.5 Å². The number of rotatable bonds is 4. The van der Waals surface area contributed by atoms with E-state index in [-0.39, 0.29) is 5.56 Å². The van der Waals surface area contributed by atoms with Crippen LogP contribution in [0.1, 0.15) is 16.7 Å². The Bertz CT molecular complexity index is 888. The summed E-state index contributed by atoms with van der Waals surface area (Å²) in [6, 6.07) is 8.78. The molecule has 2 rings (SSSR count). The van der Waals surface area contributed by atoms with E-state index in [2.05, 4.69) is 10.4 Å². The van der Waals surface area contributed by atoms with Crippen LogP contribution in [0, 0.1) is 24.0 Å². The predicted molar refractivity (Wildman–Crippen MR) is 92.8 cm³/mol. The zero-order valence-electron chi connectivity index (χ0n) is 14.0. The quantitative estimate of drug-likeness (QED) is 0.369. The first kappa shape index (κ1) is 18.6. The molecule has 0 aliphatic carbocycles. The minimum absolute atomic E-state index is 0.228. The topological polar surface area (TPSA) is 137 Å². The summed E-state index contributed by atoms with van der Waals surface area (Å²) in [5, 5.41) is 28.1. The summed E-state index contributed by atoms with van der Waals surface area (Å²) in [7, 11) is 0. The van der Waals surface area contributed by atoms with Crippen molar-refractivity contribution in [2.75, 3.05) is 5.32 Å². The Labute approximate surface area is 148 Å². The smallest absolute Gasteiger partial charge is 0.329 e. The highest BCUT2D eigenvalue weighted by Gasteiger charge is 2.15. The Hall–Kier alpha value is -3.75. The third kappa shape index (κ3) is 4.41. The molecule has 0 saturated carbocycles. The van der Waals surface area contributed by atoms with Crippen molar-refractivity contribution in [3.05, 3.63) is 63.2 Å². The third-order valence-corrected chi connectivity index (χ3v) is 3.49. The van der Waals surface area contributed by atoms with Crippen molar-refractivity contribution in [3.63, 3.8) is 0 Å². The molecule has 2 aromatic rings. The standard InChI is InChI=1S/C17H16N4O5/c1-10-4-3-5-11(2)15(10)19-16(23)17(24)20-18-9-12-6-7-14(22)13(8-12)21(25)26/h3-9,22H,1-2H3,(H,19,23)(H,20,24)/p-1/b18-9-. The van der Waals surface area contributed by atoms with Crippen LogP contribution < -0.4 is 15.8 Å². The zero-order valence-corrected chi connectivity index (χ0v) is 14.0. The average Bonchev–Trinajstić information content (AvgIpc) is 2.59. The van der Waals surface area contributed by atoms with Gasteiger partial charge in [0.15, 0.2) is 0 Å². The predicted octanol–water partition coefficient (Wildman–Crippen LogP) is 1.37. The number of carbonyl (C=O) groups is 2. The fourth-order valence-corrected chi connectivity index (χ4v) is 2.16. The number of carbonyl (C=O) groups excluding carboxylic acids is 2. The van der Waals surface area contributed by atoms with Crippen LogP contribution in [-0.4, -0.2) is 23.0 Å². The van der Waals surface area contributed by atoms with Gasteiger partial charge in [0.2, 0.25) is 0 Å². The number of nitro benzene ring substituents is 1. The summed E-state index contributed by atoms with van der Waals surface area (Å²) in [6.45, 7) is 3.59. The van der Waals surface area contributed by atoms with Crippen molar-refractivity contribution < 1.29 is 19.6 Å². The van der Waals surface area contributed by atoms with E-state index < -0.39 is 28.2 Å². The van der Waals surface area contributed by atoms with E-state index in [9.17, 15) is 24.8 Å². The molecule has 0 aliphatic rings. The SMILES string of the molecule is Cc1cccc(C)c1NC(=O)C(=O)N/N=C\c1ccc([O-])c([N+](=O)[O-])c1. The van der Waals surface area contributed by atoms with Gasteiger partial charge in [-0.2, -0.15) is 5.10 Å². The third-order valence-electron chi connectivity index (χ3n) is 3.49. The minimum Gasteiger partial charge on any atom is -0.868 e. The van der Waals surface area contributed by atoms with Crippen LogP contribution in [0.15, 0.2) is 41.5 Å². The van der Waals surface area contributed by atoms with Gasteiger partial charge in [0.05, 0.1) is 11.1 Å². The Balaban J connectivity index is 2.02. The molecule has 26 heavy (non-hydrogen) atoms. The highest BCUT2D eigenvalue weighted by atomic mass is 16.6. The number of nitro groups is 1. The molecular formula is C17H15N4O5-. The lowest BCUT2D eigenvalue weighted by Crippen LogP contribution is -2.32. The molecule has 0 fully saturated rings. The molecule has 0 unspecified atom stereocenters. The number of amides is 2. The van der Waals surface area contributed by atoms with Gasteiger partial charge in [-0.05, 0) is 30.7 Å². The lowest BCUT2D eigenvalue weighted by Gasteiger charge is -2.10. The maximum Gasteiger partial charge on any atom is 0.329 e. The fraction of sp³-hybridized carbons (Fsp3) is 0.118. The zero-order chi connectivity index (χ0) is 19.3. The van der Waals surface area contributed by atoms with Crippen LogP contribution >= 0.6 is 0 Å². The molecule has 0 aliphatic heterocycles. The van der Waals surface area contributed by atoms with Gasteiger partial charge in [0.1, 0.15) is 0 Å². The van der Waals surface area contributed by atoms with Crippen molar-refractivity contribution >= 4 is 29.4 Å². The van der Waals surface area contributed by atoms with Crippen LogP contribution in [0.5, 0.6) is 5.75 Å². The molecule has 0 spiro atoms. The molecule has 0 radical (unpaired) electrons. The lowest BCUT2D eigenvalue weighted by atomic mass is 10.1. The van der Waals surface area contributed by atoms with Crippen LogP contribution in [0.25, 0.3) is 0 Å². The number of hydrogen-bond acceptors (Lipinski definition) is 6.